The Bertz CT molecular complexity index is 667. The summed E-state index contributed by atoms with van der Waals surface area (Å²) in [6.07, 6.45) is 1.68. The largest absolute Gasteiger partial charge is 0.481 e. The van der Waals surface area contributed by atoms with E-state index in [0.717, 1.165) is 10.6 Å². The first kappa shape index (κ1) is 14.7. The van der Waals surface area contributed by atoms with E-state index in [2.05, 4.69) is 19.9 Å². The highest BCUT2D eigenvalue weighted by molar-refractivity contribution is 7.11. The maximum Gasteiger partial charge on any atom is 0.265 e. The van der Waals surface area contributed by atoms with Gasteiger partial charge < -0.3 is 14.5 Å². The summed E-state index contributed by atoms with van der Waals surface area (Å²) >= 11 is 1.40. The van der Waals surface area contributed by atoms with Crippen LogP contribution in [0.3, 0.4) is 0 Å². The first-order chi connectivity index (χ1) is 10.7. The Morgan fingerprint density at radius 1 is 1.27 bits per heavy atom. The Morgan fingerprint density at radius 2 is 2.05 bits per heavy atom. The number of hydrogen-bond donors (Lipinski definition) is 0. The molecular weight excluding hydrogens is 302 g/mol. The second kappa shape index (κ2) is 6.27. The fraction of sp³-hybridized carbons (Fsp3) is 0.429. The van der Waals surface area contributed by atoms with Gasteiger partial charge >= 0.3 is 0 Å². The average molecular weight is 319 g/mol. The average Bonchev–Trinajstić information content (AvgIpc) is 3.00. The summed E-state index contributed by atoms with van der Waals surface area (Å²) < 4.78 is 5.12. The Labute approximate surface area is 132 Å². The minimum atomic E-state index is 0.0613. The highest BCUT2D eigenvalue weighted by Gasteiger charge is 2.25. The monoisotopic (exact) mass is 319 g/mol. The fourth-order valence-electron chi connectivity index (χ4n) is 2.36. The maximum atomic E-state index is 12.5. The molecule has 0 unspecified atom stereocenters. The van der Waals surface area contributed by atoms with Gasteiger partial charge in [-0.1, -0.05) is 0 Å². The van der Waals surface area contributed by atoms with Crippen LogP contribution in [0.2, 0.25) is 0 Å². The number of nitrogens with zero attached hydrogens (tertiary/aromatic N) is 5. The molecule has 0 spiro atoms. The van der Waals surface area contributed by atoms with Crippen LogP contribution in [0.1, 0.15) is 15.4 Å². The summed E-state index contributed by atoms with van der Waals surface area (Å²) in [5.74, 6) is 1.25. The van der Waals surface area contributed by atoms with Crippen LogP contribution in [0.25, 0.3) is 0 Å². The number of carbonyl (C=O) groups excluding carboxylic acids is 1. The van der Waals surface area contributed by atoms with E-state index in [1.807, 2.05) is 11.8 Å². The topological polar surface area (TPSA) is 71.5 Å². The molecule has 2 aromatic rings. The van der Waals surface area contributed by atoms with Gasteiger partial charge in [0.05, 0.1) is 18.3 Å². The molecule has 2 aromatic heterocycles. The molecule has 0 radical (unpaired) electrons. The Kier molecular flexibility index (Phi) is 4.19. The van der Waals surface area contributed by atoms with Crippen LogP contribution in [-0.2, 0) is 0 Å². The number of piperazine rings is 1. The first-order valence-corrected chi connectivity index (χ1v) is 7.88. The molecule has 8 heteroatoms. The summed E-state index contributed by atoms with van der Waals surface area (Å²) in [6.45, 7) is 4.57. The van der Waals surface area contributed by atoms with Gasteiger partial charge in [0.1, 0.15) is 4.88 Å². The fourth-order valence-corrected chi connectivity index (χ4v) is 3.13. The highest BCUT2D eigenvalue weighted by Crippen LogP contribution is 2.18. The smallest absolute Gasteiger partial charge is 0.265 e. The third-order valence-electron chi connectivity index (χ3n) is 3.62. The molecule has 1 aliphatic rings. The van der Waals surface area contributed by atoms with E-state index in [0.29, 0.717) is 38.0 Å². The molecule has 0 N–H and O–H groups in total. The Morgan fingerprint density at radius 3 is 2.68 bits per heavy atom. The van der Waals surface area contributed by atoms with E-state index in [9.17, 15) is 4.79 Å². The second-order valence-corrected chi connectivity index (χ2v) is 5.80. The number of aryl methyl sites for hydroxylation is 1. The predicted molar refractivity (Wildman–Crippen MR) is 83.6 cm³/mol. The van der Waals surface area contributed by atoms with Crippen molar-refractivity contribution in [1.82, 2.24) is 19.9 Å². The lowest BCUT2D eigenvalue weighted by Gasteiger charge is -2.34. The van der Waals surface area contributed by atoms with Crippen LogP contribution in [0.5, 0.6) is 5.88 Å². The minimum Gasteiger partial charge on any atom is -0.481 e. The van der Waals surface area contributed by atoms with E-state index < -0.39 is 0 Å². The number of anilines is 1. The van der Waals surface area contributed by atoms with Crippen LogP contribution < -0.4 is 9.64 Å². The molecular formula is C14H17N5O2S. The van der Waals surface area contributed by atoms with Crippen molar-refractivity contribution in [1.29, 1.82) is 0 Å². The van der Waals surface area contributed by atoms with Crippen LogP contribution in [0.15, 0.2) is 17.8 Å². The number of methoxy groups -OCH3 is 1. The Balaban J connectivity index is 1.65. The summed E-state index contributed by atoms with van der Waals surface area (Å²) in [5.41, 5.74) is 2.51. The lowest BCUT2D eigenvalue weighted by molar-refractivity contribution is 0.0750. The first-order valence-electron chi connectivity index (χ1n) is 7.00. The Hall–Kier alpha value is -2.22. The quantitative estimate of drug-likeness (QED) is 0.847. The van der Waals surface area contributed by atoms with E-state index in [4.69, 9.17) is 4.74 Å². The second-order valence-electron chi connectivity index (χ2n) is 4.95. The van der Waals surface area contributed by atoms with Crippen LogP contribution in [-0.4, -0.2) is 59.0 Å². The van der Waals surface area contributed by atoms with E-state index in [1.165, 1.54) is 11.3 Å². The van der Waals surface area contributed by atoms with Crippen molar-refractivity contribution >= 4 is 23.2 Å². The summed E-state index contributed by atoms with van der Waals surface area (Å²) in [6, 6.07) is 1.72. The number of thiazole rings is 1. The molecule has 1 aliphatic heterocycles. The lowest BCUT2D eigenvalue weighted by Crippen LogP contribution is -2.49. The number of hydrogen-bond acceptors (Lipinski definition) is 7. The number of ether oxygens (including phenoxy) is 1. The number of amides is 1. The zero-order chi connectivity index (χ0) is 15.5. The van der Waals surface area contributed by atoms with Crippen molar-refractivity contribution < 1.29 is 9.53 Å². The van der Waals surface area contributed by atoms with Gasteiger partial charge in [0.2, 0.25) is 11.8 Å². The molecule has 0 aromatic carbocycles. The lowest BCUT2D eigenvalue weighted by atomic mass is 10.3. The molecule has 7 nitrogen and oxygen atoms in total. The van der Waals surface area contributed by atoms with E-state index in [1.54, 1.807) is 24.9 Å². The van der Waals surface area contributed by atoms with Gasteiger partial charge in [-0.25, -0.2) is 9.97 Å². The molecule has 1 amide bonds. The molecule has 22 heavy (non-hydrogen) atoms. The molecule has 3 rings (SSSR count). The minimum absolute atomic E-state index is 0.0613. The van der Waals surface area contributed by atoms with Gasteiger partial charge in [0.25, 0.3) is 5.91 Å². The molecule has 0 aliphatic carbocycles. The zero-order valence-electron chi connectivity index (χ0n) is 12.5. The third-order valence-corrected chi connectivity index (χ3v) is 4.53. The molecule has 1 fully saturated rings. The summed E-state index contributed by atoms with van der Waals surface area (Å²) in [7, 11) is 1.58. The predicted octanol–water partition coefficient (Wildman–Crippen LogP) is 1.21. The van der Waals surface area contributed by atoms with Crippen molar-refractivity contribution in [3.8, 4) is 5.88 Å². The number of carbonyl (C=O) groups is 1. The van der Waals surface area contributed by atoms with E-state index in [-0.39, 0.29) is 5.91 Å². The van der Waals surface area contributed by atoms with Gasteiger partial charge in [-0.15, -0.1) is 11.3 Å². The third kappa shape index (κ3) is 2.87. The normalized spacial score (nSPS) is 15.0. The van der Waals surface area contributed by atoms with Crippen LogP contribution in [0.4, 0.5) is 5.95 Å². The molecule has 1 saturated heterocycles. The summed E-state index contributed by atoms with van der Waals surface area (Å²) in [4.78, 5) is 29.8. The van der Waals surface area contributed by atoms with Crippen LogP contribution >= 0.6 is 11.3 Å². The van der Waals surface area contributed by atoms with Crippen molar-refractivity contribution in [2.75, 3.05) is 38.2 Å². The van der Waals surface area contributed by atoms with Crippen molar-refractivity contribution in [2.24, 2.45) is 0 Å². The number of aromatic nitrogens is 3. The summed E-state index contributed by atoms with van der Waals surface area (Å²) in [5, 5.41) is 0. The van der Waals surface area contributed by atoms with Gasteiger partial charge in [-0.2, -0.15) is 4.98 Å². The number of rotatable bonds is 3. The van der Waals surface area contributed by atoms with Gasteiger partial charge in [0, 0.05) is 38.4 Å². The maximum absolute atomic E-state index is 12.5. The van der Waals surface area contributed by atoms with Crippen molar-refractivity contribution in [2.45, 2.75) is 6.92 Å². The van der Waals surface area contributed by atoms with Crippen molar-refractivity contribution in [3.05, 3.63) is 28.3 Å². The standard InChI is InChI=1S/C14H17N5O2S/c1-10-12(22-9-16-10)13(20)18-5-7-19(8-6-18)14-15-4-3-11(17-14)21-2/h3-4,9H,5-8H2,1-2H3. The molecule has 3 heterocycles. The molecule has 0 saturated carbocycles. The highest BCUT2D eigenvalue weighted by atomic mass is 32.1. The van der Waals surface area contributed by atoms with Gasteiger partial charge in [-0.05, 0) is 6.92 Å². The van der Waals surface area contributed by atoms with Crippen molar-refractivity contribution in [3.63, 3.8) is 0 Å². The van der Waals surface area contributed by atoms with Gasteiger partial charge in [0.15, 0.2) is 0 Å². The molecule has 0 bridgehead atoms. The zero-order valence-corrected chi connectivity index (χ0v) is 13.3. The van der Waals surface area contributed by atoms with Crippen LogP contribution in [0, 0.1) is 6.92 Å². The molecule has 116 valence electrons. The molecule has 0 atom stereocenters. The van der Waals surface area contributed by atoms with E-state index >= 15 is 0 Å². The van der Waals surface area contributed by atoms with Gasteiger partial charge in [-0.3, -0.25) is 4.79 Å². The SMILES string of the molecule is COc1ccnc(N2CCN(C(=O)c3scnc3C)CC2)n1.